The van der Waals surface area contributed by atoms with Gasteiger partial charge >= 0.3 is 0 Å². The predicted molar refractivity (Wildman–Crippen MR) is 82.9 cm³/mol. The highest BCUT2D eigenvalue weighted by Crippen LogP contribution is 2.27. The van der Waals surface area contributed by atoms with Crippen molar-refractivity contribution in [3.05, 3.63) is 73.1 Å². The van der Waals surface area contributed by atoms with Gasteiger partial charge in [-0.3, -0.25) is 0 Å². The van der Waals surface area contributed by atoms with Crippen LogP contribution in [0, 0.1) is 0 Å². The van der Waals surface area contributed by atoms with Gasteiger partial charge in [-0.1, -0.05) is 58.8 Å². The fourth-order valence-corrected chi connectivity index (χ4v) is 2.38. The molecule has 0 amide bonds. The molecule has 2 aromatic heterocycles. The number of rotatable bonds is 3. The van der Waals surface area contributed by atoms with Crippen LogP contribution in [0.2, 0.25) is 0 Å². The molecule has 2 heterocycles. The topological polar surface area (TPSA) is 52.1 Å². The van der Waals surface area contributed by atoms with Crippen molar-refractivity contribution in [2.24, 2.45) is 0 Å². The second kappa shape index (κ2) is 5.33. The van der Waals surface area contributed by atoms with E-state index in [0.717, 1.165) is 33.8 Å². The molecule has 106 valence electrons. The van der Waals surface area contributed by atoms with Crippen molar-refractivity contribution >= 4 is 0 Å². The summed E-state index contributed by atoms with van der Waals surface area (Å²) < 4.78 is 10.3. The zero-order chi connectivity index (χ0) is 14.8. The van der Waals surface area contributed by atoms with E-state index in [2.05, 4.69) is 34.6 Å². The molecule has 22 heavy (non-hydrogen) atoms. The molecule has 0 radical (unpaired) electrons. The van der Waals surface area contributed by atoms with E-state index < -0.39 is 0 Å². The van der Waals surface area contributed by atoms with Gasteiger partial charge in [0, 0.05) is 23.3 Å². The average molecular weight is 288 g/mol. The Kier molecular flexibility index (Phi) is 3.05. The van der Waals surface area contributed by atoms with E-state index in [-0.39, 0.29) is 0 Å². The Bertz CT molecular complexity index is 771. The van der Waals surface area contributed by atoms with E-state index in [4.69, 9.17) is 9.05 Å². The summed E-state index contributed by atoms with van der Waals surface area (Å²) >= 11 is 0. The highest BCUT2D eigenvalue weighted by molar-refractivity contribution is 5.70. The fraction of sp³-hybridized carbons (Fsp3) is 0. The van der Waals surface area contributed by atoms with Gasteiger partial charge in [-0.15, -0.1) is 0 Å². The summed E-state index contributed by atoms with van der Waals surface area (Å²) in [5, 5.41) is 7.45. The predicted octanol–water partition coefficient (Wildman–Crippen LogP) is 4.66. The highest BCUT2D eigenvalue weighted by Gasteiger charge is 2.05. The molecule has 0 saturated carbocycles. The number of hydrogen-bond donors (Lipinski definition) is 0. The molecule has 0 aliphatic carbocycles. The largest absolute Gasteiger partial charge is 0.356 e. The Morgan fingerprint density at radius 1 is 0.455 bits per heavy atom. The number of benzene rings is 2. The summed E-state index contributed by atoms with van der Waals surface area (Å²) in [7, 11) is 0. The first-order valence-electron chi connectivity index (χ1n) is 6.93. The van der Waals surface area contributed by atoms with Crippen LogP contribution in [0.1, 0.15) is 0 Å². The van der Waals surface area contributed by atoms with E-state index in [1.807, 2.05) is 36.4 Å². The summed E-state index contributed by atoms with van der Waals surface area (Å²) in [5.41, 5.74) is 4.32. The van der Waals surface area contributed by atoms with Crippen LogP contribution in [0.25, 0.3) is 33.8 Å². The first kappa shape index (κ1) is 12.6. The van der Waals surface area contributed by atoms with E-state index in [0.29, 0.717) is 0 Å². The maximum absolute atomic E-state index is 5.16. The van der Waals surface area contributed by atoms with Gasteiger partial charge in [0.1, 0.15) is 0 Å². The van der Waals surface area contributed by atoms with Crippen molar-refractivity contribution in [2.75, 3.05) is 0 Å². The molecule has 4 nitrogen and oxygen atoms in total. The van der Waals surface area contributed by atoms with Gasteiger partial charge in [0.05, 0.1) is 12.4 Å². The molecule has 0 atom stereocenters. The normalized spacial score (nSPS) is 10.7. The van der Waals surface area contributed by atoms with Gasteiger partial charge in [0.25, 0.3) is 0 Å². The molecule has 4 aromatic rings. The van der Waals surface area contributed by atoms with Crippen LogP contribution in [-0.4, -0.2) is 10.3 Å². The Balaban J connectivity index is 1.62. The summed E-state index contributed by atoms with van der Waals surface area (Å²) in [5.74, 6) is 1.54. The zero-order valence-corrected chi connectivity index (χ0v) is 11.6. The molecule has 0 spiro atoms. The van der Waals surface area contributed by atoms with Crippen LogP contribution >= 0.6 is 0 Å². The standard InChI is InChI=1S/C18H12N2O2/c1-5-15(17-9-11-19-21-17)6-2-13(1)14-3-7-16(8-4-14)18-10-12-20-22-18/h1-12H. The second-order valence-electron chi connectivity index (χ2n) is 4.91. The van der Waals surface area contributed by atoms with Crippen molar-refractivity contribution in [1.82, 2.24) is 10.3 Å². The lowest BCUT2D eigenvalue weighted by Crippen LogP contribution is -1.80. The maximum Gasteiger partial charge on any atom is 0.166 e. The molecular formula is C18H12N2O2. The molecule has 2 aromatic carbocycles. The monoisotopic (exact) mass is 288 g/mol. The van der Waals surface area contributed by atoms with E-state index in [1.165, 1.54) is 0 Å². The molecule has 4 rings (SSSR count). The quantitative estimate of drug-likeness (QED) is 0.550. The minimum Gasteiger partial charge on any atom is -0.356 e. The molecule has 0 aliphatic heterocycles. The minimum atomic E-state index is 0.771. The maximum atomic E-state index is 5.16. The lowest BCUT2D eigenvalue weighted by atomic mass is 10.0. The molecular weight excluding hydrogens is 276 g/mol. The van der Waals surface area contributed by atoms with E-state index in [1.54, 1.807) is 12.4 Å². The zero-order valence-electron chi connectivity index (χ0n) is 11.6. The van der Waals surface area contributed by atoms with Crippen molar-refractivity contribution < 1.29 is 9.05 Å². The highest BCUT2D eigenvalue weighted by atomic mass is 16.5. The van der Waals surface area contributed by atoms with Crippen molar-refractivity contribution in [3.8, 4) is 33.8 Å². The summed E-state index contributed by atoms with van der Waals surface area (Å²) in [6.07, 6.45) is 3.29. The molecule has 0 fully saturated rings. The molecule has 0 aliphatic rings. The Morgan fingerprint density at radius 3 is 1.14 bits per heavy atom. The van der Waals surface area contributed by atoms with Crippen LogP contribution in [-0.2, 0) is 0 Å². The number of nitrogens with zero attached hydrogens (tertiary/aromatic N) is 2. The molecule has 4 heteroatoms. The Hall–Kier alpha value is -3.14. The van der Waals surface area contributed by atoms with Gasteiger partial charge in [-0.25, -0.2) is 0 Å². The summed E-state index contributed by atoms with van der Waals surface area (Å²) in [4.78, 5) is 0. The van der Waals surface area contributed by atoms with E-state index in [9.17, 15) is 0 Å². The number of aromatic nitrogens is 2. The van der Waals surface area contributed by atoms with Crippen LogP contribution in [0.4, 0.5) is 0 Å². The molecule has 0 N–H and O–H groups in total. The van der Waals surface area contributed by atoms with Crippen LogP contribution in [0.15, 0.2) is 82.1 Å². The lowest BCUT2D eigenvalue weighted by Gasteiger charge is -2.04. The van der Waals surface area contributed by atoms with E-state index >= 15 is 0 Å². The van der Waals surface area contributed by atoms with Crippen LogP contribution in [0.5, 0.6) is 0 Å². The third-order valence-electron chi connectivity index (χ3n) is 3.55. The SMILES string of the molecule is c1cc(-c2ccc(-c3ccc(-c4ccno4)cc3)cc2)on1. The lowest BCUT2D eigenvalue weighted by molar-refractivity contribution is 0.432. The Labute approximate surface area is 127 Å². The fourth-order valence-electron chi connectivity index (χ4n) is 2.38. The van der Waals surface area contributed by atoms with Gasteiger partial charge in [-0.2, -0.15) is 0 Å². The van der Waals surface area contributed by atoms with Crippen LogP contribution in [0.3, 0.4) is 0 Å². The van der Waals surface area contributed by atoms with Gasteiger partial charge in [-0.05, 0) is 11.1 Å². The van der Waals surface area contributed by atoms with Crippen LogP contribution < -0.4 is 0 Å². The van der Waals surface area contributed by atoms with Gasteiger partial charge in [0.2, 0.25) is 0 Å². The van der Waals surface area contributed by atoms with Crippen molar-refractivity contribution in [1.29, 1.82) is 0 Å². The van der Waals surface area contributed by atoms with Crippen molar-refractivity contribution in [2.45, 2.75) is 0 Å². The first-order valence-corrected chi connectivity index (χ1v) is 6.93. The third kappa shape index (κ3) is 2.31. The summed E-state index contributed by atoms with van der Waals surface area (Å²) in [6.45, 7) is 0. The second-order valence-corrected chi connectivity index (χ2v) is 4.91. The minimum absolute atomic E-state index is 0.771. The third-order valence-corrected chi connectivity index (χ3v) is 3.55. The average Bonchev–Trinajstić information content (AvgIpc) is 3.29. The molecule has 0 saturated heterocycles. The number of hydrogen-bond acceptors (Lipinski definition) is 4. The molecule has 0 unspecified atom stereocenters. The van der Waals surface area contributed by atoms with Gasteiger partial charge < -0.3 is 9.05 Å². The Morgan fingerprint density at radius 2 is 0.818 bits per heavy atom. The summed E-state index contributed by atoms with van der Waals surface area (Å²) in [6, 6.07) is 20.1. The van der Waals surface area contributed by atoms with Gasteiger partial charge in [0.15, 0.2) is 11.5 Å². The smallest absolute Gasteiger partial charge is 0.166 e. The first-order chi connectivity index (χ1) is 10.9. The van der Waals surface area contributed by atoms with Crippen molar-refractivity contribution in [3.63, 3.8) is 0 Å². The molecule has 0 bridgehead atoms.